The average Bonchev–Trinajstić information content (AvgIpc) is 2.49. The zero-order valence-corrected chi connectivity index (χ0v) is 12.3. The number of aryl methyl sites for hydroxylation is 1. The Kier molecular flexibility index (Phi) is 3.47. The van der Waals surface area contributed by atoms with Gasteiger partial charge in [0.05, 0.1) is 4.90 Å². The van der Waals surface area contributed by atoms with Crippen molar-refractivity contribution in [3.05, 3.63) is 52.8 Å². The fraction of sp³-hybridized carbons (Fsp3) is 0.200. The van der Waals surface area contributed by atoms with Gasteiger partial charge in [-0.1, -0.05) is 29.8 Å². The standard InChI is InChI=1S/C15H14NO4S/c1-11-2-4-12(5-3-11)16-21(17,18)13-6-7-14-15(10-13)20-9-8-19-14/h2-7,10H,8-9H2,1H3/q-1. The molecule has 0 fully saturated rings. The van der Waals surface area contributed by atoms with Crippen LogP contribution in [0.1, 0.15) is 5.56 Å². The summed E-state index contributed by atoms with van der Waals surface area (Å²) in [5.74, 6) is 0.983. The molecular weight excluding hydrogens is 290 g/mol. The molecule has 1 aliphatic rings. The number of benzene rings is 2. The Bertz CT molecular complexity index is 754. The lowest BCUT2D eigenvalue weighted by Crippen LogP contribution is -2.15. The normalized spacial score (nSPS) is 13.8. The van der Waals surface area contributed by atoms with E-state index in [1.807, 2.05) is 19.1 Å². The summed E-state index contributed by atoms with van der Waals surface area (Å²) in [5, 5.41) is 0. The fourth-order valence-corrected chi connectivity index (χ4v) is 2.98. The van der Waals surface area contributed by atoms with Crippen molar-refractivity contribution in [1.82, 2.24) is 0 Å². The van der Waals surface area contributed by atoms with Crippen LogP contribution in [0.15, 0.2) is 47.4 Å². The van der Waals surface area contributed by atoms with E-state index in [0.717, 1.165) is 5.56 Å². The molecule has 0 radical (unpaired) electrons. The van der Waals surface area contributed by atoms with E-state index in [1.54, 1.807) is 18.2 Å². The number of fused-ring (bicyclic) bond motifs is 1. The molecule has 0 spiro atoms. The van der Waals surface area contributed by atoms with E-state index in [9.17, 15) is 8.42 Å². The lowest BCUT2D eigenvalue weighted by molar-refractivity contribution is 0.171. The number of ether oxygens (including phenoxy) is 2. The van der Waals surface area contributed by atoms with E-state index in [-0.39, 0.29) is 4.90 Å². The molecule has 0 unspecified atom stereocenters. The molecule has 2 aromatic rings. The molecule has 5 nitrogen and oxygen atoms in total. The molecule has 110 valence electrons. The molecule has 0 bridgehead atoms. The van der Waals surface area contributed by atoms with E-state index in [1.165, 1.54) is 12.1 Å². The zero-order valence-electron chi connectivity index (χ0n) is 11.4. The lowest BCUT2D eigenvalue weighted by Gasteiger charge is -2.24. The van der Waals surface area contributed by atoms with E-state index in [2.05, 4.69) is 4.72 Å². The predicted octanol–water partition coefficient (Wildman–Crippen LogP) is 3.16. The third kappa shape index (κ3) is 2.95. The molecule has 0 saturated heterocycles. The second-order valence-corrected chi connectivity index (χ2v) is 6.31. The first kappa shape index (κ1) is 13.8. The molecule has 0 N–H and O–H groups in total. The Morgan fingerprint density at radius 2 is 1.62 bits per heavy atom. The van der Waals surface area contributed by atoms with Gasteiger partial charge in [-0.3, -0.25) is 0 Å². The minimum atomic E-state index is -3.77. The highest BCUT2D eigenvalue weighted by Crippen LogP contribution is 2.35. The third-order valence-corrected chi connectivity index (χ3v) is 4.37. The van der Waals surface area contributed by atoms with E-state index < -0.39 is 10.0 Å². The van der Waals surface area contributed by atoms with Gasteiger partial charge < -0.3 is 14.2 Å². The highest BCUT2D eigenvalue weighted by atomic mass is 32.2. The fourth-order valence-electron chi connectivity index (χ4n) is 1.98. The topological polar surface area (TPSA) is 66.7 Å². The summed E-state index contributed by atoms with van der Waals surface area (Å²) in [6.45, 7) is 2.80. The number of hydrogen-bond acceptors (Lipinski definition) is 4. The van der Waals surface area contributed by atoms with Gasteiger partial charge in [-0.25, -0.2) is 8.42 Å². The smallest absolute Gasteiger partial charge is 0.162 e. The molecule has 2 aromatic carbocycles. The first-order chi connectivity index (χ1) is 10.0. The Hall–Kier alpha value is -2.21. The van der Waals surface area contributed by atoms with Crippen molar-refractivity contribution in [3.8, 4) is 11.5 Å². The summed E-state index contributed by atoms with van der Waals surface area (Å²) in [5.41, 5.74) is 1.45. The molecule has 3 rings (SSSR count). The van der Waals surface area contributed by atoms with Crippen LogP contribution in [0.4, 0.5) is 5.69 Å². The summed E-state index contributed by atoms with van der Waals surface area (Å²) in [4.78, 5) is 0.0901. The van der Waals surface area contributed by atoms with Crippen LogP contribution in [0.3, 0.4) is 0 Å². The van der Waals surface area contributed by atoms with Gasteiger partial charge in [-0.2, -0.15) is 0 Å². The van der Waals surface area contributed by atoms with E-state index in [0.29, 0.717) is 30.4 Å². The van der Waals surface area contributed by atoms with Gasteiger partial charge in [-0.05, 0) is 19.1 Å². The maximum Gasteiger partial charge on any atom is 0.162 e. The van der Waals surface area contributed by atoms with Gasteiger partial charge in [0.2, 0.25) is 0 Å². The second kappa shape index (κ2) is 5.29. The Morgan fingerprint density at radius 1 is 0.952 bits per heavy atom. The lowest BCUT2D eigenvalue weighted by atomic mass is 10.2. The highest BCUT2D eigenvalue weighted by molar-refractivity contribution is 7.94. The van der Waals surface area contributed by atoms with Crippen LogP contribution in [-0.2, 0) is 10.0 Å². The number of hydrogen-bond donors (Lipinski definition) is 0. The van der Waals surface area contributed by atoms with Crippen molar-refractivity contribution in [2.24, 2.45) is 0 Å². The first-order valence-electron chi connectivity index (χ1n) is 6.49. The molecule has 6 heteroatoms. The van der Waals surface area contributed by atoms with Crippen molar-refractivity contribution in [2.75, 3.05) is 13.2 Å². The van der Waals surface area contributed by atoms with Crippen molar-refractivity contribution < 1.29 is 17.9 Å². The third-order valence-electron chi connectivity index (χ3n) is 3.07. The van der Waals surface area contributed by atoms with Gasteiger partial charge >= 0.3 is 0 Å². The monoisotopic (exact) mass is 304 g/mol. The van der Waals surface area contributed by atoms with Crippen molar-refractivity contribution in [3.63, 3.8) is 0 Å². The second-order valence-electron chi connectivity index (χ2n) is 4.71. The summed E-state index contributed by atoms with van der Waals surface area (Å²) in [6.07, 6.45) is 0. The SMILES string of the molecule is Cc1ccc([N-]S(=O)(=O)c2ccc3c(c2)OCCO3)cc1. The van der Waals surface area contributed by atoms with Crippen LogP contribution in [0.2, 0.25) is 0 Å². The molecule has 0 aliphatic carbocycles. The number of sulfonamides is 1. The average molecular weight is 304 g/mol. The summed E-state index contributed by atoms with van der Waals surface area (Å²) < 4.78 is 39.2. The maximum atomic E-state index is 12.3. The molecule has 1 aliphatic heterocycles. The first-order valence-corrected chi connectivity index (χ1v) is 7.93. The quantitative estimate of drug-likeness (QED) is 0.873. The van der Waals surface area contributed by atoms with Crippen LogP contribution < -0.4 is 9.47 Å². The minimum absolute atomic E-state index is 0.0901. The zero-order chi connectivity index (χ0) is 14.9. The molecular formula is C15H14NO4S-. The molecule has 0 amide bonds. The number of rotatable bonds is 3. The van der Waals surface area contributed by atoms with Gasteiger partial charge in [-0.15, -0.1) is 5.69 Å². The van der Waals surface area contributed by atoms with Crippen molar-refractivity contribution in [1.29, 1.82) is 0 Å². The molecule has 0 atom stereocenters. The molecule has 1 heterocycles. The number of nitrogens with zero attached hydrogens (tertiary/aromatic N) is 1. The van der Waals surface area contributed by atoms with Gasteiger partial charge in [0.1, 0.15) is 23.2 Å². The largest absolute Gasteiger partial charge is 0.573 e. The van der Waals surface area contributed by atoms with Crippen LogP contribution in [0.25, 0.3) is 4.72 Å². The Labute approximate surface area is 123 Å². The highest BCUT2D eigenvalue weighted by Gasteiger charge is 2.14. The van der Waals surface area contributed by atoms with Crippen LogP contribution in [0, 0.1) is 6.92 Å². The Balaban J connectivity index is 1.89. The van der Waals surface area contributed by atoms with Crippen molar-refractivity contribution >= 4 is 15.7 Å². The summed E-state index contributed by atoms with van der Waals surface area (Å²) in [6, 6.07) is 11.5. The van der Waals surface area contributed by atoms with Crippen molar-refractivity contribution in [2.45, 2.75) is 11.8 Å². The van der Waals surface area contributed by atoms with E-state index in [4.69, 9.17) is 9.47 Å². The molecule has 0 saturated carbocycles. The Morgan fingerprint density at radius 3 is 2.33 bits per heavy atom. The van der Waals surface area contributed by atoms with Crippen LogP contribution in [-0.4, -0.2) is 21.6 Å². The summed E-state index contributed by atoms with van der Waals surface area (Å²) in [7, 11) is -3.77. The summed E-state index contributed by atoms with van der Waals surface area (Å²) >= 11 is 0. The van der Waals surface area contributed by atoms with Crippen LogP contribution in [0.5, 0.6) is 11.5 Å². The van der Waals surface area contributed by atoms with E-state index >= 15 is 0 Å². The molecule has 21 heavy (non-hydrogen) atoms. The maximum absolute atomic E-state index is 12.3. The minimum Gasteiger partial charge on any atom is -0.573 e. The van der Waals surface area contributed by atoms with Gasteiger partial charge in [0.25, 0.3) is 0 Å². The predicted molar refractivity (Wildman–Crippen MR) is 78.8 cm³/mol. The van der Waals surface area contributed by atoms with Crippen LogP contribution >= 0.6 is 0 Å². The molecule has 0 aromatic heterocycles. The van der Waals surface area contributed by atoms with Gasteiger partial charge in [0, 0.05) is 6.07 Å². The van der Waals surface area contributed by atoms with Gasteiger partial charge in [0.15, 0.2) is 11.5 Å².